The summed E-state index contributed by atoms with van der Waals surface area (Å²) in [6.45, 7) is 2.64. The third-order valence-corrected chi connectivity index (χ3v) is 6.47. The highest BCUT2D eigenvalue weighted by Crippen LogP contribution is 2.31. The molecule has 0 spiro atoms. The number of thiazole rings is 1. The van der Waals surface area contributed by atoms with E-state index in [1.165, 1.54) is 41.9 Å². The van der Waals surface area contributed by atoms with Gasteiger partial charge in [-0.3, -0.25) is 4.79 Å². The highest BCUT2D eigenvalue weighted by molar-refractivity contribution is 7.21. The zero-order chi connectivity index (χ0) is 15.4. The minimum atomic E-state index is 0.192. The zero-order valence-electron chi connectivity index (χ0n) is 12.9. The Morgan fingerprint density at radius 1 is 1.36 bits per heavy atom. The van der Waals surface area contributed by atoms with Crippen LogP contribution in [0, 0.1) is 12.8 Å². The maximum absolute atomic E-state index is 12.1. The van der Waals surface area contributed by atoms with Crippen LogP contribution in [-0.4, -0.2) is 10.9 Å². The van der Waals surface area contributed by atoms with E-state index >= 15 is 0 Å². The SMILES string of the molecule is Cc1nc(-c2cccs2)sc1CNC(=O)CC1CCCCC1. The summed E-state index contributed by atoms with van der Waals surface area (Å²) in [5, 5.41) is 6.21. The van der Waals surface area contributed by atoms with Crippen molar-refractivity contribution in [1.29, 1.82) is 0 Å². The number of carbonyl (C=O) groups is 1. The van der Waals surface area contributed by atoms with Crippen LogP contribution in [0.2, 0.25) is 0 Å². The number of nitrogens with zero attached hydrogens (tertiary/aromatic N) is 1. The molecule has 1 aliphatic rings. The van der Waals surface area contributed by atoms with Crippen molar-refractivity contribution < 1.29 is 4.79 Å². The van der Waals surface area contributed by atoms with E-state index in [1.54, 1.807) is 22.7 Å². The van der Waals surface area contributed by atoms with Crippen LogP contribution >= 0.6 is 22.7 Å². The molecule has 1 fully saturated rings. The van der Waals surface area contributed by atoms with E-state index in [0.717, 1.165) is 10.7 Å². The Bertz CT molecular complexity index is 613. The Balaban J connectivity index is 1.53. The molecule has 3 rings (SSSR count). The first-order valence-corrected chi connectivity index (χ1v) is 9.69. The van der Waals surface area contributed by atoms with Gasteiger partial charge in [0.25, 0.3) is 0 Å². The van der Waals surface area contributed by atoms with Crippen LogP contribution in [0.5, 0.6) is 0 Å². The largest absolute Gasteiger partial charge is 0.351 e. The Morgan fingerprint density at radius 2 is 2.18 bits per heavy atom. The maximum atomic E-state index is 12.1. The predicted octanol–water partition coefficient (Wildman–Crippen LogP) is 4.77. The fourth-order valence-corrected chi connectivity index (χ4v) is 4.80. The lowest BCUT2D eigenvalue weighted by atomic mass is 9.87. The summed E-state index contributed by atoms with van der Waals surface area (Å²) in [6, 6.07) is 4.14. The normalized spacial score (nSPS) is 15.9. The molecule has 2 heterocycles. The van der Waals surface area contributed by atoms with Gasteiger partial charge in [-0.05, 0) is 37.1 Å². The van der Waals surface area contributed by atoms with Crippen LogP contribution in [0.15, 0.2) is 17.5 Å². The van der Waals surface area contributed by atoms with Crippen LogP contribution in [0.1, 0.15) is 49.1 Å². The molecule has 0 radical (unpaired) electrons. The molecule has 0 aromatic carbocycles. The van der Waals surface area contributed by atoms with E-state index in [4.69, 9.17) is 0 Å². The second kappa shape index (κ2) is 7.38. The highest BCUT2D eigenvalue weighted by atomic mass is 32.1. The Morgan fingerprint density at radius 3 is 2.91 bits per heavy atom. The number of hydrogen-bond donors (Lipinski definition) is 1. The fraction of sp³-hybridized carbons (Fsp3) is 0.529. The minimum absolute atomic E-state index is 0.192. The van der Waals surface area contributed by atoms with Gasteiger partial charge in [-0.2, -0.15) is 0 Å². The first kappa shape index (κ1) is 15.7. The third-order valence-electron chi connectivity index (χ3n) is 4.27. The molecule has 1 aliphatic carbocycles. The second-order valence-corrected chi connectivity index (χ2v) is 8.02. The number of aromatic nitrogens is 1. The van der Waals surface area contributed by atoms with Crippen molar-refractivity contribution in [3.63, 3.8) is 0 Å². The maximum Gasteiger partial charge on any atom is 0.220 e. The standard InChI is InChI=1S/C17H22N2OS2/c1-12-15(22-17(19-12)14-8-5-9-21-14)11-18-16(20)10-13-6-3-2-4-7-13/h5,8-9,13H,2-4,6-7,10-11H2,1H3,(H,18,20). The van der Waals surface area contributed by atoms with Gasteiger partial charge in [0, 0.05) is 11.3 Å². The first-order valence-electron chi connectivity index (χ1n) is 7.99. The number of hydrogen-bond acceptors (Lipinski definition) is 4. The molecule has 2 aromatic rings. The van der Waals surface area contributed by atoms with Gasteiger partial charge in [0.1, 0.15) is 5.01 Å². The number of rotatable bonds is 5. The van der Waals surface area contributed by atoms with Crippen LogP contribution < -0.4 is 5.32 Å². The average molecular weight is 335 g/mol. The summed E-state index contributed by atoms with van der Waals surface area (Å²) in [4.78, 5) is 19.1. The monoisotopic (exact) mass is 334 g/mol. The molecule has 22 heavy (non-hydrogen) atoms. The molecule has 5 heteroatoms. The zero-order valence-corrected chi connectivity index (χ0v) is 14.6. The highest BCUT2D eigenvalue weighted by Gasteiger charge is 2.17. The Labute approximate surface area is 139 Å². The second-order valence-electron chi connectivity index (χ2n) is 5.99. The van der Waals surface area contributed by atoms with E-state index in [0.29, 0.717) is 18.9 Å². The molecular weight excluding hydrogens is 312 g/mol. The van der Waals surface area contributed by atoms with Crippen molar-refractivity contribution in [3.8, 4) is 9.88 Å². The summed E-state index contributed by atoms with van der Waals surface area (Å²) >= 11 is 3.40. The summed E-state index contributed by atoms with van der Waals surface area (Å²) in [7, 11) is 0. The van der Waals surface area contributed by atoms with E-state index in [2.05, 4.69) is 21.7 Å². The summed E-state index contributed by atoms with van der Waals surface area (Å²) in [5.41, 5.74) is 1.03. The number of amides is 1. The van der Waals surface area contributed by atoms with Crippen LogP contribution in [0.3, 0.4) is 0 Å². The van der Waals surface area contributed by atoms with Crippen molar-refractivity contribution in [1.82, 2.24) is 10.3 Å². The molecule has 1 N–H and O–H groups in total. The lowest BCUT2D eigenvalue weighted by molar-refractivity contribution is -0.122. The third kappa shape index (κ3) is 3.96. The minimum Gasteiger partial charge on any atom is -0.351 e. The van der Waals surface area contributed by atoms with Gasteiger partial charge in [0.15, 0.2) is 0 Å². The lowest BCUT2D eigenvalue weighted by Gasteiger charge is -2.20. The fourth-order valence-electron chi connectivity index (χ4n) is 3.00. The molecule has 118 valence electrons. The number of carbonyl (C=O) groups excluding carboxylic acids is 1. The van der Waals surface area contributed by atoms with Gasteiger partial charge in [0.2, 0.25) is 5.91 Å². The molecule has 0 atom stereocenters. The summed E-state index contributed by atoms with van der Waals surface area (Å²) < 4.78 is 0. The van der Waals surface area contributed by atoms with Crippen LogP contribution in [0.4, 0.5) is 0 Å². The molecule has 0 aliphatic heterocycles. The molecular formula is C17H22N2OS2. The smallest absolute Gasteiger partial charge is 0.220 e. The van der Waals surface area contributed by atoms with Gasteiger partial charge in [-0.1, -0.05) is 25.3 Å². The first-order chi connectivity index (χ1) is 10.7. The molecule has 2 aromatic heterocycles. The number of aryl methyl sites for hydroxylation is 1. The summed E-state index contributed by atoms with van der Waals surface area (Å²) in [5.74, 6) is 0.787. The quantitative estimate of drug-likeness (QED) is 0.856. The van der Waals surface area contributed by atoms with Crippen LogP contribution in [0.25, 0.3) is 9.88 Å². The topological polar surface area (TPSA) is 42.0 Å². The Hall–Kier alpha value is -1.20. The Kier molecular flexibility index (Phi) is 5.26. The number of thiophene rings is 1. The molecule has 1 amide bonds. The van der Waals surface area contributed by atoms with Crippen molar-refractivity contribution in [2.75, 3.05) is 0 Å². The molecule has 0 unspecified atom stereocenters. The number of nitrogens with one attached hydrogen (secondary N) is 1. The molecule has 1 saturated carbocycles. The molecule has 0 bridgehead atoms. The molecule has 0 saturated heterocycles. The summed E-state index contributed by atoms with van der Waals surface area (Å²) in [6.07, 6.45) is 7.04. The van der Waals surface area contributed by atoms with Gasteiger partial charge in [0.05, 0.1) is 17.1 Å². The van der Waals surface area contributed by atoms with Gasteiger partial charge in [-0.15, -0.1) is 22.7 Å². The van der Waals surface area contributed by atoms with Gasteiger partial charge >= 0.3 is 0 Å². The van der Waals surface area contributed by atoms with E-state index < -0.39 is 0 Å². The predicted molar refractivity (Wildman–Crippen MR) is 93.2 cm³/mol. The average Bonchev–Trinajstić information content (AvgIpc) is 3.16. The van der Waals surface area contributed by atoms with E-state index in [9.17, 15) is 4.79 Å². The van der Waals surface area contributed by atoms with Gasteiger partial charge in [-0.25, -0.2) is 4.98 Å². The van der Waals surface area contributed by atoms with Crippen molar-refractivity contribution in [2.45, 2.75) is 52.0 Å². The van der Waals surface area contributed by atoms with Gasteiger partial charge < -0.3 is 5.32 Å². The van der Waals surface area contributed by atoms with E-state index in [1.807, 2.05) is 13.0 Å². The van der Waals surface area contributed by atoms with E-state index in [-0.39, 0.29) is 5.91 Å². The molecule has 3 nitrogen and oxygen atoms in total. The van der Waals surface area contributed by atoms with Crippen molar-refractivity contribution in [3.05, 3.63) is 28.1 Å². The van der Waals surface area contributed by atoms with Crippen molar-refractivity contribution >= 4 is 28.6 Å². The van der Waals surface area contributed by atoms with Crippen molar-refractivity contribution in [2.24, 2.45) is 5.92 Å². The lowest BCUT2D eigenvalue weighted by Crippen LogP contribution is -2.25. The van der Waals surface area contributed by atoms with Crippen LogP contribution in [-0.2, 0) is 11.3 Å².